The first-order valence-corrected chi connectivity index (χ1v) is 13.0. The van der Waals surface area contributed by atoms with E-state index < -0.39 is 17.8 Å². The van der Waals surface area contributed by atoms with Crippen molar-refractivity contribution in [1.29, 1.82) is 0 Å². The highest BCUT2D eigenvalue weighted by molar-refractivity contribution is 14.1. The van der Waals surface area contributed by atoms with E-state index in [1.807, 2.05) is 31.2 Å². The Morgan fingerprint density at radius 2 is 1.81 bits per heavy atom. The van der Waals surface area contributed by atoms with Crippen LogP contribution in [0.1, 0.15) is 18.1 Å². The van der Waals surface area contributed by atoms with E-state index in [4.69, 9.17) is 21.1 Å². The van der Waals surface area contributed by atoms with Gasteiger partial charge in [0.25, 0.3) is 11.8 Å². The lowest BCUT2D eigenvalue weighted by Gasteiger charge is -2.26. The van der Waals surface area contributed by atoms with E-state index in [-0.39, 0.29) is 11.3 Å². The Bertz CT molecular complexity index is 1380. The summed E-state index contributed by atoms with van der Waals surface area (Å²) in [5, 5.41) is 2.56. The Morgan fingerprint density at radius 1 is 1.06 bits per heavy atom. The van der Waals surface area contributed by atoms with Crippen molar-refractivity contribution in [2.75, 3.05) is 11.5 Å². The summed E-state index contributed by atoms with van der Waals surface area (Å²) in [4.78, 5) is 39.1. The topological polar surface area (TPSA) is 84.9 Å². The number of benzene rings is 3. The molecule has 1 aliphatic heterocycles. The fourth-order valence-corrected chi connectivity index (χ4v) is 4.71. The van der Waals surface area contributed by atoms with E-state index in [2.05, 4.69) is 43.8 Å². The summed E-state index contributed by atoms with van der Waals surface area (Å²) < 4.78 is 13.6. The smallest absolute Gasteiger partial charge is 0.335 e. The van der Waals surface area contributed by atoms with Crippen LogP contribution in [0.2, 0.25) is 5.02 Å². The summed E-state index contributed by atoms with van der Waals surface area (Å²) in [5.41, 5.74) is 1.58. The first kappa shape index (κ1) is 26.2. The van der Waals surface area contributed by atoms with Gasteiger partial charge in [-0.2, -0.15) is 0 Å². The van der Waals surface area contributed by atoms with E-state index in [0.717, 1.165) is 18.5 Å². The summed E-state index contributed by atoms with van der Waals surface area (Å²) in [7, 11) is 0. The number of hydrogen-bond donors (Lipinski definition) is 1. The molecule has 0 unspecified atom stereocenters. The third kappa shape index (κ3) is 5.91. The van der Waals surface area contributed by atoms with Gasteiger partial charge in [-0.05, 0) is 89.2 Å². The van der Waals surface area contributed by atoms with Gasteiger partial charge in [-0.25, -0.2) is 9.69 Å². The zero-order chi connectivity index (χ0) is 25.8. The van der Waals surface area contributed by atoms with Gasteiger partial charge in [0.1, 0.15) is 12.2 Å². The molecule has 184 valence electrons. The quantitative estimate of drug-likeness (QED) is 0.179. The predicted molar refractivity (Wildman–Crippen MR) is 149 cm³/mol. The Labute approximate surface area is 234 Å². The van der Waals surface area contributed by atoms with Crippen LogP contribution in [0.4, 0.5) is 10.5 Å². The molecule has 3 aromatic rings. The highest BCUT2D eigenvalue weighted by atomic mass is 127. The van der Waals surface area contributed by atoms with E-state index in [0.29, 0.717) is 35.3 Å². The number of nitrogens with zero attached hydrogens (tertiary/aromatic N) is 1. The molecule has 1 N–H and O–H groups in total. The molecule has 0 aromatic heterocycles. The van der Waals surface area contributed by atoms with Gasteiger partial charge >= 0.3 is 6.03 Å². The third-order valence-corrected chi connectivity index (χ3v) is 6.67. The summed E-state index contributed by atoms with van der Waals surface area (Å²) in [6.07, 6.45) is 1.42. The molecule has 4 rings (SSSR count). The maximum Gasteiger partial charge on any atom is 0.335 e. The molecule has 1 aliphatic rings. The second-order valence-corrected chi connectivity index (χ2v) is 10.1. The minimum Gasteiger partial charge on any atom is -0.490 e. The van der Waals surface area contributed by atoms with Gasteiger partial charge in [0, 0.05) is 9.50 Å². The number of carbonyl (C=O) groups is 3. The first-order chi connectivity index (χ1) is 17.3. The third-order valence-electron chi connectivity index (χ3n) is 5.11. The number of amides is 4. The minimum absolute atomic E-state index is 0.198. The number of carbonyl (C=O) groups excluding carboxylic acids is 3. The van der Waals surface area contributed by atoms with Gasteiger partial charge in [0.2, 0.25) is 0 Å². The number of hydrogen-bond acceptors (Lipinski definition) is 5. The summed E-state index contributed by atoms with van der Waals surface area (Å²) in [6.45, 7) is 2.58. The number of halogens is 3. The average molecular weight is 682 g/mol. The zero-order valence-corrected chi connectivity index (χ0v) is 23.4. The highest BCUT2D eigenvalue weighted by Gasteiger charge is 2.37. The summed E-state index contributed by atoms with van der Waals surface area (Å²) in [5.74, 6) is -0.515. The number of urea groups is 1. The van der Waals surface area contributed by atoms with Crippen LogP contribution in [0.15, 0.2) is 70.7 Å². The van der Waals surface area contributed by atoms with Crippen molar-refractivity contribution in [3.8, 4) is 11.5 Å². The monoisotopic (exact) mass is 680 g/mol. The van der Waals surface area contributed by atoms with E-state index in [9.17, 15) is 14.4 Å². The molecule has 0 atom stereocenters. The molecule has 0 spiro atoms. The predicted octanol–water partition coefficient (Wildman–Crippen LogP) is 6.35. The first-order valence-electron chi connectivity index (χ1n) is 10.8. The SMILES string of the molecule is CCOc1cc(/C=C2\C(=O)NC(=O)N(c3cccc(Cl)c3)C2=O)cc(I)c1OCc1ccc(Br)cc1. The van der Waals surface area contributed by atoms with E-state index in [1.165, 1.54) is 12.1 Å². The Hall–Kier alpha value is -2.89. The number of rotatable bonds is 7. The summed E-state index contributed by atoms with van der Waals surface area (Å²) in [6, 6.07) is 16.7. The van der Waals surface area contributed by atoms with Crippen LogP contribution in [0.3, 0.4) is 0 Å². The maximum absolute atomic E-state index is 13.2. The molecular formula is C26H19BrClIN2O5. The molecule has 1 heterocycles. The lowest BCUT2D eigenvalue weighted by atomic mass is 10.1. The standard InChI is InChI=1S/C26H19BrClIN2O5/c1-2-35-22-12-16(11-21(29)23(22)36-14-15-6-8-17(27)9-7-15)10-20-24(32)30-26(34)31(25(20)33)19-5-3-4-18(28)13-19/h3-13H,2,14H2,1H3,(H,30,32,34)/b20-10+. The lowest BCUT2D eigenvalue weighted by molar-refractivity contribution is -0.122. The second kappa shape index (κ2) is 11.4. The fraction of sp³-hybridized carbons (Fsp3) is 0.115. The molecule has 0 saturated carbocycles. The van der Waals surface area contributed by atoms with E-state index >= 15 is 0 Å². The Morgan fingerprint density at radius 3 is 2.50 bits per heavy atom. The van der Waals surface area contributed by atoms with Crippen molar-refractivity contribution in [1.82, 2.24) is 5.32 Å². The highest BCUT2D eigenvalue weighted by Crippen LogP contribution is 2.36. The molecule has 0 bridgehead atoms. The van der Waals surface area contributed by atoms with Gasteiger partial charge in [0.15, 0.2) is 11.5 Å². The molecule has 1 fully saturated rings. The van der Waals surface area contributed by atoms with E-state index in [1.54, 1.807) is 30.3 Å². The van der Waals surface area contributed by atoms with Crippen LogP contribution in [-0.2, 0) is 16.2 Å². The average Bonchev–Trinajstić information content (AvgIpc) is 2.82. The van der Waals surface area contributed by atoms with Crippen LogP contribution in [0.5, 0.6) is 11.5 Å². The fourth-order valence-electron chi connectivity index (χ4n) is 3.48. The largest absolute Gasteiger partial charge is 0.490 e. The van der Waals surface area contributed by atoms with Crippen LogP contribution in [0.25, 0.3) is 6.08 Å². The molecule has 7 nitrogen and oxygen atoms in total. The lowest BCUT2D eigenvalue weighted by Crippen LogP contribution is -2.54. The molecular weight excluding hydrogens is 663 g/mol. The molecule has 0 aliphatic carbocycles. The number of barbiturate groups is 1. The molecule has 36 heavy (non-hydrogen) atoms. The van der Waals surface area contributed by atoms with Gasteiger partial charge < -0.3 is 9.47 Å². The Balaban J connectivity index is 1.66. The van der Waals surface area contributed by atoms with Gasteiger partial charge in [-0.3, -0.25) is 14.9 Å². The molecule has 3 aromatic carbocycles. The van der Waals surface area contributed by atoms with Crippen molar-refractivity contribution in [3.05, 3.63) is 90.4 Å². The van der Waals surface area contributed by atoms with Gasteiger partial charge in [-0.1, -0.05) is 45.7 Å². The van der Waals surface area contributed by atoms with Crippen LogP contribution in [0, 0.1) is 3.57 Å². The zero-order valence-electron chi connectivity index (χ0n) is 18.9. The van der Waals surface area contributed by atoms with Gasteiger partial charge in [-0.15, -0.1) is 0 Å². The molecule has 4 amide bonds. The minimum atomic E-state index is -0.842. The Kier molecular flexibility index (Phi) is 8.32. The number of nitrogens with one attached hydrogen (secondary N) is 1. The van der Waals surface area contributed by atoms with Crippen molar-refractivity contribution in [2.24, 2.45) is 0 Å². The molecule has 0 radical (unpaired) electrons. The number of anilines is 1. The van der Waals surface area contributed by atoms with Crippen molar-refractivity contribution >= 4 is 79.7 Å². The number of imide groups is 2. The van der Waals surface area contributed by atoms with Crippen molar-refractivity contribution in [3.63, 3.8) is 0 Å². The van der Waals surface area contributed by atoms with Gasteiger partial charge in [0.05, 0.1) is 15.9 Å². The molecule has 1 saturated heterocycles. The van der Waals surface area contributed by atoms with Crippen LogP contribution >= 0.6 is 50.1 Å². The summed E-state index contributed by atoms with van der Waals surface area (Å²) >= 11 is 11.6. The number of ether oxygens (including phenoxy) is 2. The second-order valence-electron chi connectivity index (χ2n) is 7.62. The van der Waals surface area contributed by atoms with Crippen LogP contribution in [-0.4, -0.2) is 24.5 Å². The normalized spacial score (nSPS) is 14.7. The van der Waals surface area contributed by atoms with Crippen molar-refractivity contribution < 1.29 is 23.9 Å². The van der Waals surface area contributed by atoms with Crippen molar-refractivity contribution in [2.45, 2.75) is 13.5 Å². The molecule has 10 heteroatoms. The maximum atomic E-state index is 13.2. The van der Waals surface area contributed by atoms with Crippen LogP contribution < -0.4 is 19.7 Å².